The minimum atomic E-state index is -0.865. The molecular weight excluding hydrogens is 183 g/mol. The maximum absolute atomic E-state index is 5.54. The monoisotopic (exact) mass is 202 g/mol. The maximum atomic E-state index is 5.54. The highest BCUT2D eigenvalue weighted by atomic mass is 27.2. The van der Waals surface area contributed by atoms with E-state index >= 15 is 0 Å². The molecule has 0 radical (unpaired) electrons. The Labute approximate surface area is 85.1 Å². The summed E-state index contributed by atoms with van der Waals surface area (Å²) in [7, 11) is 0. The maximum Gasteiger partial charge on any atom is 0.457 e. The van der Waals surface area contributed by atoms with Gasteiger partial charge in [0.25, 0.3) is 0 Å². The van der Waals surface area contributed by atoms with Crippen molar-refractivity contribution in [2.24, 2.45) is 0 Å². The van der Waals surface area contributed by atoms with Crippen molar-refractivity contribution in [2.75, 3.05) is 26.4 Å². The zero-order valence-corrected chi connectivity index (χ0v) is 9.78. The molecule has 1 atom stereocenters. The first-order valence-corrected chi connectivity index (χ1v) is 7.58. The highest BCUT2D eigenvalue weighted by Crippen LogP contribution is 2.09. The van der Waals surface area contributed by atoms with Gasteiger partial charge in [-0.15, -0.1) is 0 Å². The van der Waals surface area contributed by atoms with E-state index in [1.54, 1.807) is 0 Å². The molecule has 0 amide bonds. The van der Waals surface area contributed by atoms with Gasteiger partial charge < -0.3 is 13.3 Å². The Morgan fingerprint density at radius 3 is 2.92 bits per heavy atom. The summed E-state index contributed by atoms with van der Waals surface area (Å²) in [5, 5.41) is 1.22. The topological polar surface area (TPSA) is 31.0 Å². The van der Waals surface area contributed by atoms with Crippen LogP contribution in [0.4, 0.5) is 0 Å². The van der Waals surface area contributed by atoms with Crippen LogP contribution in [0.2, 0.25) is 11.1 Å². The molecule has 1 aliphatic heterocycles. The van der Waals surface area contributed by atoms with E-state index in [1.807, 2.05) is 0 Å². The van der Waals surface area contributed by atoms with Crippen LogP contribution in [-0.2, 0) is 13.3 Å². The van der Waals surface area contributed by atoms with Crippen LogP contribution in [0.3, 0.4) is 0 Å². The minimum Gasteiger partial charge on any atom is -0.501 e. The van der Waals surface area contributed by atoms with Gasteiger partial charge in [-0.05, 0) is 13.3 Å². The van der Waals surface area contributed by atoms with Crippen molar-refractivity contribution in [3.8, 4) is 0 Å². The van der Waals surface area contributed by atoms with E-state index < -0.39 is 14.5 Å². The van der Waals surface area contributed by atoms with Gasteiger partial charge in [0.05, 0.1) is 13.2 Å². The molecule has 0 saturated carbocycles. The summed E-state index contributed by atoms with van der Waals surface area (Å²) in [6.45, 7) is 5.47. The smallest absolute Gasteiger partial charge is 0.457 e. The van der Waals surface area contributed by atoms with E-state index in [1.165, 1.54) is 5.28 Å². The number of rotatable bonds is 8. The molecule has 3 nitrogen and oxygen atoms in total. The second-order valence-electron chi connectivity index (χ2n) is 3.44. The summed E-state index contributed by atoms with van der Waals surface area (Å²) < 4.78 is 16.0. The summed E-state index contributed by atoms with van der Waals surface area (Å²) in [6, 6.07) is 0. The number of epoxide rings is 1. The third-order valence-electron chi connectivity index (χ3n) is 2.06. The van der Waals surface area contributed by atoms with Crippen LogP contribution in [-0.4, -0.2) is 47.0 Å². The molecule has 0 aliphatic carbocycles. The Bertz CT molecular complexity index is 128. The van der Waals surface area contributed by atoms with Crippen molar-refractivity contribution in [1.82, 2.24) is 0 Å². The Kier molecular flexibility index (Phi) is 6.01. The molecule has 0 bridgehead atoms. The number of ether oxygens (including phenoxy) is 2. The van der Waals surface area contributed by atoms with Gasteiger partial charge in [0.15, 0.2) is 0 Å². The quantitative estimate of drug-likeness (QED) is 0.339. The largest absolute Gasteiger partial charge is 0.501 e. The first-order chi connectivity index (χ1) is 6.33. The van der Waals surface area contributed by atoms with Crippen molar-refractivity contribution in [1.29, 1.82) is 0 Å². The molecular formula is C9H19AlO3. The third kappa shape index (κ3) is 6.48. The molecule has 1 unspecified atom stereocenters. The predicted molar refractivity (Wildman–Crippen MR) is 53.2 cm³/mol. The van der Waals surface area contributed by atoms with E-state index in [-0.39, 0.29) is 0 Å². The van der Waals surface area contributed by atoms with E-state index in [9.17, 15) is 0 Å². The fraction of sp³-hybridized carbons (Fsp3) is 1.00. The first-order valence-electron chi connectivity index (χ1n) is 5.14. The second kappa shape index (κ2) is 6.81. The Morgan fingerprint density at radius 2 is 2.31 bits per heavy atom. The van der Waals surface area contributed by atoms with Crippen LogP contribution >= 0.6 is 0 Å². The molecule has 1 rings (SSSR count). The van der Waals surface area contributed by atoms with Crippen LogP contribution in [0.5, 0.6) is 0 Å². The number of hydrogen-bond acceptors (Lipinski definition) is 3. The van der Waals surface area contributed by atoms with Crippen LogP contribution in [0.1, 0.15) is 13.3 Å². The molecule has 0 N–H and O–H groups in total. The summed E-state index contributed by atoms with van der Waals surface area (Å²) >= 11 is -0.865. The van der Waals surface area contributed by atoms with Gasteiger partial charge in [-0.1, -0.05) is 11.1 Å². The second-order valence-corrected chi connectivity index (χ2v) is 5.97. The molecule has 0 aromatic carbocycles. The van der Waals surface area contributed by atoms with Crippen molar-refractivity contribution in [3.05, 3.63) is 0 Å². The Hall–Kier alpha value is 0.412. The van der Waals surface area contributed by atoms with Crippen LogP contribution < -0.4 is 0 Å². The van der Waals surface area contributed by atoms with Crippen molar-refractivity contribution in [2.45, 2.75) is 30.5 Å². The van der Waals surface area contributed by atoms with Gasteiger partial charge in [-0.2, -0.15) is 0 Å². The van der Waals surface area contributed by atoms with Crippen LogP contribution in [0, 0.1) is 0 Å². The molecule has 4 heteroatoms. The molecule has 0 aromatic rings. The molecule has 1 aliphatic rings. The molecule has 0 spiro atoms. The fourth-order valence-electron chi connectivity index (χ4n) is 1.22. The van der Waals surface area contributed by atoms with Crippen LogP contribution in [0.25, 0.3) is 0 Å². The highest BCUT2D eigenvalue weighted by Gasteiger charge is 2.22. The van der Waals surface area contributed by atoms with Crippen molar-refractivity contribution in [3.63, 3.8) is 0 Å². The SMILES string of the molecule is CC[O][Al]([CH3])[CH2]CCOCC1CO1. The lowest BCUT2D eigenvalue weighted by molar-refractivity contribution is 0.116. The zero-order chi connectivity index (χ0) is 9.52. The molecule has 0 aromatic heterocycles. The summed E-state index contributed by atoms with van der Waals surface area (Å²) in [5.41, 5.74) is 0. The average molecular weight is 202 g/mol. The van der Waals surface area contributed by atoms with Gasteiger partial charge in [0.1, 0.15) is 6.10 Å². The van der Waals surface area contributed by atoms with Crippen LogP contribution in [0.15, 0.2) is 0 Å². The van der Waals surface area contributed by atoms with E-state index in [0.29, 0.717) is 6.10 Å². The normalized spacial score (nSPS) is 20.3. The summed E-state index contributed by atoms with van der Waals surface area (Å²) in [5.74, 6) is 2.24. The lowest BCUT2D eigenvalue weighted by atomic mass is 10.5. The molecule has 1 fully saturated rings. The molecule has 76 valence electrons. The van der Waals surface area contributed by atoms with Gasteiger partial charge >= 0.3 is 14.5 Å². The fourth-order valence-corrected chi connectivity index (χ4v) is 2.70. The zero-order valence-electron chi connectivity index (χ0n) is 8.62. The summed E-state index contributed by atoms with van der Waals surface area (Å²) in [6.07, 6.45) is 1.54. The number of hydrogen-bond donors (Lipinski definition) is 0. The van der Waals surface area contributed by atoms with Gasteiger partial charge in [-0.25, -0.2) is 0 Å². The lowest BCUT2D eigenvalue weighted by Crippen LogP contribution is -2.14. The molecule has 1 heterocycles. The Balaban J connectivity index is 1.76. The third-order valence-corrected chi connectivity index (χ3v) is 4.18. The average Bonchev–Trinajstić information content (AvgIpc) is 2.88. The highest BCUT2D eigenvalue weighted by molar-refractivity contribution is 6.50. The van der Waals surface area contributed by atoms with E-state index in [2.05, 4.69) is 12.7 Å². The standard InChI is InChI=1S/C6H11O2.C2H5O.CH3.Al/c1-2-3-7-4-6-5-8-6;1-2-3;;/h6H,1-5H2;2H2,1H3;1H3;/q;-1;;+1. The van der Waals surface area contributed by atoms with Gasteiger partial charge in [-0.3, -0.25) is 0 Å². The van der Waals surface area contributed by atoms with E-state index in [0.717, 1.165) is 32.8 Å². The Morgan fingerprint density at radius 1 is 1.54 bits per heavy atom. The molecule has 13 heavy (non-hydrogen) atoms. The minimum absolute atomic E-state index is 0.404. The van der Waals surface area contributed by atoms with Gasteiger partial charge in [0.2, 0.25) is 0 Å². The first kappa shape index (κ1) is 11.5. The van der Waals surface area contributed by atoms with Crippen molar-refractivity contribution >= 4 is 14.5 Å². The van der Waals surface area contributed by atoms with E-state index in [4.69, 9.17) is 13.3 Å². The predicted octanol–water partition coefficient (Wildman–Crippen LogP) is 1.45. The molecule has 1 saturated heterocycles. The lowest BCUT2D eigenvalue weighted by Gasteiger charge is -2.06. The summed E-state index contributed by atoms with van der Waals surface area (Å²) in [4.78, 5) is 0. The van der Waals surface area contributed by atoms with Gasteiger partial charge in [0, 0.05) is 13.2 Å². The van der Waals surface area contributed by atoms with Crippen molar-refractivity contribution < 1.29 is 13.3 Å².